The molecule has 0 unspecified atom stereocenters. The lowest BCUT2D eigenvalue weighted by Crippen LogP contribution is -2.61. The van der Waals surface area contributed by atoms with Gasteiger partial charge in [0.25, 0.3) is 5.91 Å². The molecule has 5 N–H and O–H groups in total. The molecule has 0 atom stereocenters. The Morgan fingerprint density at radius 3 is 2.00 bits per heavy atom. The van der Waals surface area contributed by atoms with Gasteiger partial charge < -0.3 is 35.3 Å². The second-order valence-corrected chi connectivity index (χ2v) is 8.63. The summed E-state index contributed by atoms with van der Waals surface area (Å²) in [5, 5.41) is 26.3. The molecule has 1 aromatic carbocycles. The molecular formula is C22H28F6N4O6. The van der Waals surface area contributed by atoms with Gasteiger partial charge in [0.15, 0.2) is 6.54 Å². The predicted octanol–water partition coefficient (Wildman–Crippen LogP) is 1.03. The predicted molar refractivity (Wildman–Crippen MR) is 118 cm³/mol. The molecule has 3 aliphatic rings. The number of nitrogens with two attached hydrogens (primary N) is 1. The standard InChI is InChI=1S/C18H26N4O2.2C2HF3O2/c19-18(20)15-2-1-3-16(12-15)24-11-7-21-17(23)13-22-8-4-14(5-9-22)6-10-22;2*3-2(4,5)1(6)7/h1-3,12,14H,4-11,13H2,(H3-,19,20,21,23);2*(H,6,7). The van der Waals surface area contributed by atoms with Crippen molar-refractivity contribution in [2.45, 2.75) is 31.6 Å². The van der Waals surface area contributed by atoms with Gasteiger partial charge in [-0.3, -0.25) is 10.2 Å². The number of amides is 1. The third-order valence-electron chi connectivity index (χ3n) is 5.83. The average molecular weight is 558 g/mol. The van der Waals surface area contributed by atoms with Crippen molar-refractivity contribution in [3.05, 3.63) is 29.8 Å². The van der Waals surface area contributed by atoms with Crippen molar-refractivity contribution >= 4 is 23.7 Å². The van der Waals surface area contributed by atoms with Crippen LogP contribution in [0.2, 0.25) is 0 Å². The lowest BCUT2D eigenvalue weighted by Gasteiger charge is -2.48. The minimum absolute atomic E-state index is 0.0213. The summed E-state index contributed by atoms with van der Waals surface area (Å²) in [6, 6.07) is 7.14. The zero-order valence-corrected chi connectivity index (χ0v) is 20.0. The molecule has 1 aromatic rings. The van der Waals surface area contributed by atoms with Gasteiger partial charge in [-0.15, -0.1) is 0 Å². The molecule has 38 heavy (non-hydrogen) atoms. The number of benzene rings is 1. The number of carboxylic acid groups (broad SMARTS) is 2. The number of halogens is 6. The quantitative estimate of drug-likeness (QED) is 0.128. The highest BCUT2D eigenvalue weighted by molar-refractivity contribution is 5.95. The van der Waals surface area contributed by atoms with Gasteiger partial charge in [-0.25, -0.2) is 4.79 Å². The molecule has 3 heterocycles. The number of carbonyl (C=O) groups excluding carboxylic acids is 2. The van der Waals surface area contributed by atoms with Crippen LogP contribution in [0, 0.1) is 11.3 Å². The zero-order valence-electron chi connectivity index (χ0n) is 20.0. The number of hydrogen-bond donors (Lipinski definition) is 4. The van der Waals surface area contributed by atoms with Crippen LogP contribution >= 0.6 is 0 Å². The number of fused-ring (bicyclic) bond motifs is 3. The van der Waals surface area contributed by atoms with E-state index in [-0.39, 0.29) is 11.7 Å². The molecule has 3 saturated heterocycles. The topological polar surface area (TPSA) is 166 Å². The maximum absolute atomic E-state index is 12.2. The highest BCUT2D eigenvalue weighted by Gasteiger charge is 2.41. The number of rotatable bonds is 7. The molecule has 16 heteroatoms. The number of carbonyl (C=O) groups is 3. The number of nitrogen functional groups attached to an aromatic ring is 1. The Bertz CT molecular complexity index is 940. The van der Waals surface area contributed by atoms with E-state index in [2.05, 4.69) is 5.32 Å². The summed E-state index contributed by atoms with van der Waals surface area (Å²) in [6.07, 6.45) is -6.44. The van der Waals surface area contributed by atoms with Gasteiger partial charge in [0, 0.05) is 5.56 Å². The number of amidine groups is 1. The van der Waals surface area contributed by atoms with E-state index in [0.29, 0.717) is 31.0 Å². The van der Waals surface area contributed by atoms with Crippen LogP contribution in [0.1, 0.15) is 24.8 Å². The number of nitrogens with one attached hydrogen (secondary N) is 2. The average Bonchev–Trinajstić information content (AvgIpc) is 2.82. The Morgan fingerprint density at radius 1 is 1.08 bits per heavy atom. The van der Waals surface area contributed by atoms with Gasteiger partial charge in [-0.1, -0.05) is 12.1 Å². The molecule has 1 amide bonds. The zero-order chi connectivity index (χ0) is 29.1. The largest absolute Gasteiger partial charge is 0.542 e. The Morgan fingerprint density at radius 2 is 1.58 bits per heavy atom. The van der Waals surface area contributed by atoms with Gasteiger partial charge in [0.1, 0.15) is 24.2 Å². The lowest BCUT2D eigenvalue weighted by molar-refractivity contribution is -0.935. The summed E-state index contributed by atoms with van der Waals surface area (Å²) in [5.74, 6) is -4.05. The van der Waals surface area contributed by atoms with Crippen LogP contribution in [0.3, 0.4) is 0 Å². The number of piperidine rings is 3. The Labute approximate surface area is 213 Å². The third kappa shape index (κ3) is 11.7. The van der Waals surface area contributed by atoms with Crippen LogP contribution in [-0.4, -0.2) is 85.0 Å². The monoisotopic (exact) mass is 558 g/mol. The Balaban J connectivity index is 0.000000426. The maximum atomic E-state index is 12.2. The van der Waals surface area contributed by atoms with E-state index in [1.165, 1.54) is 19.3 Å². The third-order valence-corrected chi connectivity index (χ3v) is 5.83. The van der Waals surface area contributed by atoms with E-state index in [4.69, 9.17) is 35.7 Å². The molecule has 3 fully saturated rings. The summed E-state index contributed by atoms with van der Waals surface area (Å²) in [6.45, 7) is 4.98. The first-order valence-electron chi connectivity index (χ1n) is 11.2. The highest BCUT2D eigenvalue weighted by atomic mass is 19.4. The van der Waals surface area contributed by atoms with Gasteiger partial charge in [0.2, 0.25) is 0 Å². The summed E-state index contributed by atoms with van der Waals surface area (Å²) in [7, 11) is 0. The fourth-order valence-electron chi connectivity index (χ4n) is 3.85. The second-order valence-electron chi connectivity index (χ2n) is 8.63. The first kappa shape index (κ1) is 32.5. The normalized spacial score (nSPS) is 20.1. The fourth-order valence-corrected chi connectivity index (χ4v) is 3.85. The van der Waals surface area contributed by atoms with Crippen molar-refractivity contribution in [1.29, 1.82) is 5.41 Å². The number of quaternary nitrogens is 1. The number of aliphatic carboxylic acids is 2. The molecule has 0 aromatic heterocycles. The van der Waals surface area contributed by atoms with E-state index in [0.717, 1.165) is 30.0 Å². The highest BCUT2D eigenvalue weighted by Crippen LogP contribution is 2.33. The minimum atomic E-state index is -5.19. The number of hydrogen-bond acceptors (Lipinski definition) is 6. The molecule has 4 rings (SSSR count). The van der Waals surface area contributed by atoms with Crippen molar-refractivity contribution in [3.8, 4) is 5.75 Å². The van der Waals surface area contributed by atoms with Crippen molar-refractivity contribution in [2.24, 2.45) is 11.7 Å². The summed E-state index contributed by atoms with van der Waals surface area (Å²) in [5.41, 5.74) is 6.10. The van der Waals surface area contributed by atoms with Crippen LogP contribution in [0.5, 0.6) is 5.75 Å². The van der Waals surface area contributed by atoms with Gasteiger partial charge in [0.05, 0.1) is 26.2 Å². The van der Waals surface area contributed by atoms with E-state index >= 15 is 0 Å². The smallest absolute Gasteiger partial charge is 0.490 e. The molecular weight excluding hydrogens is 530 g/mol. The van der Waals surface area contributed by atoms with Crippen LogP contribution in [0.4, 0.5) is 26.3 Å². The molecule has 214 valence electrons. The van der Waals surface area contributed by atoms with Crippen LogP contribution < -0.4 is 20.9 Å². The van der Waals surface area contributed by atoms with Gasteiger partial charge in [-0.2, -0.15) is 26.3 Å². The number of carboxylic acids is 2. The number of alkyl halides is 6. The van der Waals surface area contributed by atoms with Crippen molar-refractivity contribution in [3.63, 3.8) is 0 Å². The SMILES string of the molecule is N=C(N)c1cccc(OCCNC(=O)C[N+]23CCC(CC2)CC3)c1.O=C(O)C(F)(F)F.O=C([O-])C(F)(F)F. The molecule has 3 aliphatic heterocycles. The van der Waals surface area contributed by atoms with Crippen molar-refractivity contribution in [2.75, 3.05) is 39.3 Å². The lowest BCUT2D eigenvalue weighted by atomic mass is 9.86. The molecule has 2 bridgehead atoms. The van der Waals surface area contributed by atoms with E-state index in [1.807, 2.05) is 6.07 Å². The molecule has 10 nitrogen and oxygen atoms in total. The van der Waals surface area contributed by atoms with Gasteiger partial charge in [-0.05, 0) is 37.3 Å². The summed E-state index contributed by atoms with van der Waals surface area (Å²) in [4.78, 5) is 29.9. The summed E-state index contributed by atoms with van der Waals surface area (Å²) >= 11 is 0. The number of nitrogens with zero attached hydrogens (tertiary/aromatic N) is 1. The second kappa shape index (κ2) is 13.8. The minimum Gasteiger partial charge on any atom is -0.542 e. The number of ether oxygens (including phenoxy) is 1. The summed E-state index contributed by atoms with van der Waals surface area (Å²) < 4.78 is 69.9. The molecule has 0 radical (unpaired) electrons. The van der Waals surface area contributed by atoms with E-state index in [1.54, 1.807) is 18.2 Å². The van der Waals surface area contributed by atoms with Gasteiger partial charge >= 0.3 is 18.3 Å². The van der Waals surface area contributed by atoms with Crippen molar-refractivity contribution < 1.29 is 60.2 Å². The van der Waals surface area contributed by atoms with Crippen LogP contribution in [0.15, 0.2) is 24.3 Å². The molecule has 0 saturated carbocycles. The first-order valence-corrected chi connectivity index (χ1v) is 11.2. The first-order chi connectivity index (χ1) is 17.4. The van der Waals surface area contributed by atoms with E-state index in [9.17, 15) is 31.1 Å². The molecule has 0 aliphatic carbocycles. The van der Waals surface area contributed by atoms with Crippen LogP contribution in [0.25, 0.3) is 0 Å². The maximum Gasteiger partial charge on any atom is 0.490 e. The fraction of sp³-hybridized carbons (Fsp3) is 0.545. The Kier molecular flexibility index (Phi) is 11.8. The van der Waals surface area contributed by atoms with E-state index < -0.39 is 24.3 Å². The Hall–Kier alpha value is -3.56. The van der Waals surface area contributed by atoms with Crippen molar-refractivity contribution in [1.82, 2.24) is 5.32 Å². The van der Waals surface area contributed by atoms with Crippen LogP contribution in [-0.2, 0) is 14.4 Å². The molecule has 0 spiro atoms.